The smallest absolute Gasteiger partial charge is 0.346 e. The van der Waals surface area contributed by atoms with Gasteiger partial charge in [-0.1, -0.05) is 54.1 Å². The van der Waals surface area contributed by atoms with Crippen LogP contribution in [-0.2, 0) is 6.42 Å². The van der Waals surface area contributed by atoms with Crippen molar-refractivity contribution in [2.24, 2.45) is 0 Å². The van der Waals surface area contributed by atoms with Crippen LogP contribution >= 0.6 is 0 Å². The van der Waals surface area contributed by atoms with E-state index in [1.807, 2.05) is 43.3 Å². The fraction of sp³-hybridized carbons (Fsp3) is 0.100. The molecule has 3 aromatic carbocycles. The number of aromatic nitrogens is 1. The van der Waals surface area contributed by atoms with E-state index in [9.17, 15) is 4.79 Å². The summed E-state index contributed by atoms with van der Waals surface area (Å²) in [7, 11) is 0. The monoisotopic (exact) mass is 301 g/mol. The van der Waals surface area contributed by atoms with E-state index in [4.69, 9.17) is 4.42 Å². The molecule has 0 bridgehead atoms. The first-order valence-electron chi connectivity index (χ1n) is 7.57. The Morgan fingerprint density at radius 2 is 1.78 bits per heavy atom. The molecule has 3 heteroatoms. The van der Waals surface area contributed by atoms with Gasteiger partial charge in [-0.25, -0.2) is 9.78 Å². The topological polar surface area (TPSA) is 43.1 Å². The minimum absolute atomic E-state index is 0.325. The third kappa shape index (κ3) is 2.61. The van der Waals surface area contributed by atoms with Gasteiger partial charge in [-0.05, 0) is 35.4 Å². The van der Waals surface area contributed by atoms with Gasteiger partial charge in [0.25, 0.3) is 0 Å². The maximum atomic E-state index is 12.1. The highest BCUT2D eigenvalue weighted by Crippen LogP contribution is 2.18. The summed E-state index contributed by atoms with van der Waals surface area (Å²) >= 11 is 0. The first-order valence-corrected chi connectivity index (χ1v) is 7.57. The summed E-state index contributed by atoms with van der Waals surface area (Å²) in [6.45, 7) is 1.95. The van der Waals surface area contributed by atoms with Crippen molar-refractivity contribution in [2.45, 2.75) is 13.3 Å². The van der Waals surface area contributed by atoms with Gasteiger partial charge in [-0.3, -0.25) is 0 Å². The highest BCUT2D eigenvalue weighted by atomic mass is 16.4. The summed E-state index contributed by atoms with van der Waals surface area (Å²) in [6, 6.07) is 20.1. The van der Waals surface area contributed by atoms with Crippen LogP contribution in [0, 0.1) is 6.92 Å². The fourth-order valence-electron chi connectivity index (χ4n) is 2.83. The lowest BCUT2D eigenvalue weighted by atomic mass is 10.1. The molecule has 0 saturated carbocycles. The summed E-state index contributed by atoms with van der Waals surface area (Å²) in [5.74, 6) is 0.446. The summed E-state index contributed by atoms with van der Waals surface area (Å²) in [5.41, 5.74) is 2.46. The molecule has 23 heavy (non-hydrogen) atoms. The second-order valence-electron chi connectivity index (χ2n) is 5.77. The van der Waals surface area contributed by atoms with Crippen molar-refractivity contribution in [1.82, 2.24) is 4.98 Å². The van der Waals surface area contributed by atoms with Crippen LogP contribution in [-0.4, -0.2) is 4.98 Å². The third-order valence-corrected chi connectivity index (χ3v) is 4.00. The number of nitrogens with zero attached hydrogens (tertiary/aromatic N) is 1. The molecule has 1 aromatic heterocycles. The fourth-order valence-corrected chi connectivity index (χ4v) is 2.83. The summed E-state index contributed by atoms with van der Waals surface area (Å²) < 4.78 is 5.39. The number of aryl methyl sites for hydroxylation is 1. The van der Waals surface area contributed by atoms with Crippen molar-refractivity contribution in [3.8, 4) is 0 Å². The average Bonchev–Trinajstić information content (AvgIpc) is 2.55. The zero-order valence-corrected chi connectivity index (χ0v) is 12.7. The van der Waals surface area contributed by atoms with Gasteiger partial charge in [-0.2, -0.15) is 0 Å². The lowest BCUT2D eigenvalue weighted by molar-refractivity contribution is 0.454. The Morgan fingerprint density at radius 1 is 0.957 bits per heavy atom. The Morgan fingerprint density at radius 3 is 2.65 bits per heavy atom. The highest BCUT2D eigenvalue weighted by Gasteiger charge is 2.08. The molecular weight excluding hydrogens is 286 g/mol. The van der Waals surface area contributed by atoms with Crippen molar-refractivity contribution < 1.29 is 4.42 Å². The molecular formula is C20H15NO2. The molecule has 4 aromatic rings. The van der Waals surface area contributed by atoms with E-state index in [1.165, 1.54) is 10.8 Å². The van der Waals surface area contributed by atoms with Gasteiger partial charge in [0.15, 0.2) is 0 Å². The van der Waals surface area contributed by atoms with E-state index in [2.05, 4.69) is 29.2 Å². The molecule has 0 unspecified atom stereocenters. The summed E-state index contributed by atoms with van der Waals surface area (Å²) in [6.07, 6.45) is 0.504. The summed E-state index contributed by atoms with van der Waals surface area (Å²) in [5, 5.41) is 2.90. The van der Waals surface area contributed by atoms with Gasteiger partial charge in [0.1, 0.15) is 0 Å². The Kier molecular flexibility index (Phi) is 3.19. The van der Waals surface area contributed by atoms with Crippen molar-refractivity contribution in [1.29, 1.82) is 0 Å². The van der Waals surface area contributed by atoms with Gasteiger partial charge in [-0.15, -0.1) is 0 Å². The van der Waals surface area contributed by atoms with Gasteiger partial charge in [0.2, 0.25) is 5.89 Å². The minimum Gasteiger partial charge on any atom is -0.408 e. The van der Waals surface area contributed by atoms with E-state index in [0.29, 0.717) is 23.2 Å². The van der Waals surface area contributed by atoms with Crippen LogP contribution in [0.3, 0.4) is 0 Å². The van der Waals surface area contributed by atoms with Crippen LogP contribution in [0.2, 0.25) is 0 Å². The van der Waals surface area contributed by atoms with Gasteiger partial charge < -0.3 is 4.42 Å². The Hall–Kier alpha value is -2.94. The largest absolute Gasteiger partial charge is 0.408 e. The van der Waals surface area contributed by atoms with E-state index >= 15 is 0 Å². The predicted molar refractivity (Wildman–Crippen MR) is 91.8 cm³/mol. The van der Waals surface area contributed by atoms with Gasteiger partial charge >= 0.3 is 5.63 Å². The van der Waals surface area contributed by atoms with Crippen molar-refractivity contribution in [3.05, 3.63) is 88.1 Å². The second kappa shape index (κ2) is 5.36. The maximum absolute atomic E-state index is 12.1. The lowest BCUT2D eigenvalue weighted by Crippen LogP contribution is -2.06. The molecule has 0 atom stereocenters. The van der Waals surface area contributed by atoms with Gasteiger partial charge in [0.05, 0.1) is 10.9 Å². The second-order valence-corrected chi connectivity index (χ2v) is 5.77. The quantitative estimate of drug-likeness (QED) is 0.556. The minimum atomic E-state index is -0.325. The number of fused-ring (bicyclic) bond motifs is 2. The summed E-state index contributed by atoms with van der Waals surface area (Å²) in [4.78, 5) is 16.6. The molecule has 0 radical (unpaired) electrons. The van der Waals surface area contributed by atoms with Crippen molar-refractivity contribution >= 4 is 21.7 Å². The zero-order chi connectivity index (χ0) is 15.8. The maximum Gasteiger partial charge on any atom is 0.346 e. The average molecular weight is 301 g/mol. The van der Waals surface area contributed by atoms with Crippen molar-refractivity contribution in [2.75, 3.05) is 0 Å². The van der Waals surface area contributed by atoms with Gasteiger partial charge in [0, 0.05) is 6.42 Å². The molecule has 0 spiro atoms. The molecule has 1 heterocycles. The third-order valence-electron chi connectivity index (χ3n) is 4.00. The van der Waals surface area contributed by atoms with E-state index in [1.54, 1.807) is 0 Å². The molecule has 0 amide bonds. The molecule has 0 N–H and O–H groups in total. The number of benzene rings is 3. The van der Waals surface area contributed by atoms with Crippen LogP contribution in [0.25, 0.3) is 21.7 Å². The molecule has 0 aliphatic heterocycles. The van der Waals surface area contributed by atoms with Crippen LogP contribution in [0.5, 0.6) is 0 Å². The first-order chi connectivity index (χ1) is 11.2. The van der Waals surface area contributed by atoms with Crippen LogP contribution in [0.4, 0.5) is 0 Å². The van der Waals surface area contributed by atoms with Crippen LogP contribution in [0.1, 0.15) is 17.0 Å². The molecule has 0 fully saturated rings. The molecule has 0 saturated heterocycles. The Balaban J connectivity index is 1.76. The highest BCUT2D eigenvalue weighted by molar-refractivity contribution is 5.83. The number of hydrogen-bond acceptors (Lipinski definition) is 3. The zero-order valence-electron chi connectivity index (χ0n) is 12.7. The molecule has 0 aliphatic carbocycles. The van der Waals surface area contributed by atoms with E-state index in [0.717, 1.165) is 11.1 Å². The molecule has 0 aliphatic rings. The molecule has 4 rings (SSSR count). The standard InChI is InChI=1S/C20H15NO2/c1-13-6-9-18-17(10-13)20(22)23-19(21-18)12-14-7-8-15-4-2-3-5-16(15)11-14/h2-11H,12H2,1H3. The van der Waals surface area contributed by atoms with Crippen LogP contribution < -0.4 is 5.63 Å². The normalized spacial score (nSPS) is 11.2. The van der Waals surface area contributed by atoms with E-state index < -0.39 is 0 Å². The number of hydrogen-bond donors (Lipinski definition) is 0. The van der Waals surface area contributed by atoms with Crippen LogP contribution in [0.15, 0.2) is 69.9 Å². The van der Waals surface area contributed by atoms with Crippen molar-refractivity contribution in [3.63, 3.8) is 0 Å². The predicted octanol–water partition coefficient (Wildman–Crippen LogP) is 4.24. The SMILES string of the molecule is Cc1ccc2nc(Cc3ccc4ccccc4c3)oc(=O)c2c1. The molecule has 112 valence electrons. The Bertz CT molecular complexity index is 1080. The number of rotatable bonds is 2. The molecule has 3 nitrogen and oxygen atoms in total. The lowest BCUT2D eigenvalue weighted by Gasteiger charge is -2.04. The van der Waals surface area contributed by atoms with E-state index in [-0.39, 0.29) is 5.63 Å². The first kappa shape index (κ1) is 13.7. The Labute approximate surface area is 133 Å².